The minimum absolute atomic E-state index is 0.0746. The molecular weight excluding hydrogens is 282 g/mol. The van der Waals surface area contributed by atoms with Gasteiger partial charge in [-0.3, -0.25) is 9.69 Å². The number of hydrogen-bond donors (Lipinski definition) is 0. The van der Waals surface area contributed by atoms with E-state index in [4.69, 9.17) is 11.6 Å². The second-order valence-corrected chi connectivity index (χ2v) is 6.39. The van der Waals surface area contributed by atoms with E-state index < -0.39 is 0 Å². The van der Waals surface area contributed by atoms with E-state index >= 15 is 0 Å². The maximum atomic E-state index is 12.0. The van der Waals surface area contributed by atoms with Crippen molar-refractivity contribution in [2.45, 2.75) is 20.4 Å². The van der Waals surface area contributed by atoms with Crippen molar-refractivity contribution in [2.75, 3.05) is 32.1 Å². The SMILES string of the molecule is Cc1nc(CN2CCN(C(=O)C(C)CCl)CC2)cs1. The molecule has 1 unspecified atom stereocenters. The number of hydrogen-bond acceptors (Lipinski definition) is 4. The van der Waals surface area contributed by atoms with E-state index in [1.807, 2.05) is 18.7 Å². The number of alkyl halides is 1. The van der Waals surface area contributed by atoms with E-state index in [9.17, 15) is 4.79 Å². The summed E-state index contributed by atoms with van der Waals surface area (Å²) in [6.45, 7) is 8.22. The number of piperazine rings is 1. The fourth-order valence-corrected chi connectivity index (χ4v) is 2.95. The Morgan fingerprint density at radius 3 is 2.68 bits per heavy atom. The molecule has 1 aromatic heterocycles. The van der Waals surface area contributed by atoms with Gasteiger partial charge in [-0.25, -0.2) is 4.98 Å². The van der Waals surface area contributed by atoms with Crippen molar-refractivity contribution in [1.82, 2.24) is 14.8 Å². The first-order valence-electron chi connectivity index (χ1n) is 6.58. The second-order valence-electron chi connectivity index (χ2n) is 5.01. The largest absolute Gasteiger partial charge is 0.340 e. The summed E-state index contributed by atoms with van der Waals surface area (Å²) in [5.74, 6) is 0.505. The molecule has 1 atom stereocenters. The molecule has 0 aliphatic carbocycles. The number of nitrogens with zero attached hydrogens (tertiary/aromatic N) is 3. The van der Waals surface area contributed by atoms with Crippen molar-refractivity contribution in [3.8, 4) is 0 Å². The predicted octanol–water partition coefficient (Wildman–Crippen LogP) is 1.97. The highest BCUT2D eigenvalue weighted by Gasteiger charge is 2.24. The molecule has 2 rings (SSSR count). The van der Waals surface area contributed by atoms with Crippen LogP contribution in [0.5, 0.6) is 0 Å². The normalized spacial score (nSPS) is 18.6. The molecule has 0 aromatic carbocycles. The third-order valence-electron chi connectivity index (χ3n) is 3.39. The van der Waals surface area contributed by atoms with Crippen molar-refractivity contribution < 1.29 is 4.79 Å². The van der Waals surface area contributed by atoms with E-state index in [1.54, 1.807) is 11.3 Å². The van der Waals surface area contributed by atoms with Crippen LogP contribution in [0.15, 0.2) is 5.38 Å². The van der Waals surface area contributed by atoms with Crippen molar-refractivity contribution in [2.24, 2.45) is 5.92 Å². The van der Waals surface area contributed by atoms with Crippen molar-refractivity contribution in [3.63, 3.8) is 0 Å². The smallest absolute Gasteiger partial charge is 0.226 e. The van der Waals surface area contributed by atoms with Crippen LogP contribution in [0, 0.1) is 12.8 Å². The molecule has 0 spiro atoms. The maximum absolute atomic E-state index is 12.0. The minimum Gasteiger partial charge on any atom is -0.340 e. The first-order valence-corrected chi connectivity index (χ1v) is 7.99. The summed E-state index contributed by atoms with van der Waals surface area (Å²) < 4.78 is 0. The highest BCUT2D eigenvalue weighted by atomic mass is 35.5. The summed E-state index contributed by atoms with van der Waals surface area (Å²) in [6, 6.07) is 0. The molecule has 0 bridgehead atoms. The number of thiazole rings is 1. The number of carbonyl (C=O) groups is 1. The Kier molecular flexibility index (Phi) is 5.19. The van der Waals surface area contributed by atoms with Crippen LogP contribution in [0.3, 0.4) is 0 Å². The quantitative estimate of drug-likeness (QED) is 0.798. The van der Waals surface area contributed by atoms with Gasteiger partial charge in [-0.2, -0.15) is 0 Å². The molecule has 0 radical (unpaired) electrons. The molecule has 1 fully saturated rings. The van der Waals surface area contributed by atoms with Crippen LogP contribution in [0.2, 0.25) is 0 Å². The fourth-order valence-electron chi connectivity index (χ4n) is 2.21. The number of amides is 1. The van der Waals surface area contributed by atoms with E-state index in [-0.39, 0.29) is 11.8 Å². The lowest BCUT2D eigenvalue weighted by molar-refractivity contribution is -0.136. The Hall–Kier alpha value is -0.650. The molecule has 1 aliphatic heterocycles. The topological polar surface area (TPSA) is 36.4 Å². The lowest BCUT2D eigenvalue weighted by Gasteiger charge is -2.35. The predicted molar refractivity (Wildman–Crippen MR) is 78.6 cm³/mol. The van der Waals surface area contributed by atoms with Crippen molar-refractivity contribution in [3.05, 3.63) is 16.1 Å². The highest BCUT2D eigenvalue weighted by molar-refractivity contribution is 7.09. The molecule has 6 heteroatoms. The molecule has 106 valence electrons. The monoisotopic (exact) mass is 301 g/mol. The number of halogens is 1. The standard InChI is InChI=1S/C13H20ClN3OS/c1-10(7-14)13(18)17-5-3-16(4-6-17)8-12-9-19-11(2)15-12/h9-10H,3-8H2,1-2H3. The molecular formula is C13H20ClN3OS. The Morgan fingerprint density at radius 2 is 2.16 bits per heavy atom. The van der Waals surface area contributed by atoms with E-state index in [1.165, 1.54) is 0 Å². The molecule has 19 heavy (non-hydrogen) atoms. The first-order chi connectivity index (χ1) is 9.10. The van der Waals surface area contributed by atoms with Gasteiger partial charge in [-0.15, -0.1) is 22.9 Å². The number of carbonyl (C=O) groups excluding carboxylic acids is 1. The highest BCUT2D eigenvalue weighted by Crippen LogP contribution is 2.13. The number of rotatable bonds is 4. The summed E-state index contributed by atoms with van der Waals surface area (Å²) in [5, 5.41) is 3.22. The number of aromatic nitrogens is 1. The van der Waals surface area contributed by atoms with Crippen LogP contribution >= 0.6 is 22.9 Å². The lowest BCUT2D eigenvalue weighted by atomic mass is 10.1. The minimum atomic E-state index is -0.0746. The summed E-state index contributed by atoms with van der Waals surface area (Å²) in [4.78, 5) is 20.8. The van der Waals surface area contributed by atoms with Crippen LogP contribution in [-0.2, 0) is 11.3 Å². The van der Waals surface area contributed by atoms with Crippen molar-refractivity contribution >= 4 is 28.8 Å². The third kappa shape index (κ3) is 3.91. The van der Waals surface area contributed by atoms with Gasteiger partial charge in [0.1, 0.15) is 0 Å². The van der Waals surface area contributed by atoms with Crippen LogP contribution < -0.4 is 0 Å². The maximum Gasteiger partial charge on any atom is 0.226 e. The van der Waals surface area contributed by atoms with Gasteiger partial charge in [0.15, 0.2) is 0 Å². The van der Waals surface area contributed by atoms with Gasteiger partial charge >= 0.3 is 0 Å². The Labute approximate surface area is 123 Å². The first kappa shape index (κ1) is 14.8. The molecule has 0 N–H and O–H groups in total. The van der Waals surface area contributed by atoms with Gasteiger partial charge < -0.3 is 4.90 Å². The van der Waals surface area contributed by atoms with Gasteiger partial charge in [0.05, 0.1) is 10.7 Å². The van der Waals surface area contributed by atoms with Crippen LogP contribution in [0.25, 0.3) is 0 Å². The molecule has 4 nitrogen and oxygen atoms in total. The van der Waals surface area contributed by atoms with E-state index in [0.717, 1.165) is 43.4 Å². The average molecular weight is 302 g/mol. The van der Waals surface area contributed by atoms with E-state index in [2.05, 4.69) is 15.3 Å². The molecule has 1 amide bonds. The molecule has 1 aromatic rings. The zero-order chi connectivity index (χ0) is 13.8. The summed E-state index contributed by atoms with van der Waals surface area (Å²) in [7, 11) is 0. The number of aryl methyl sites for hydroxylation is 1. The molecule has 1 saturated heterocycles. The van der Waals surface area contributed by atoms with Gasteiger partial charge in [0, 0.05) is 49.9 Å². The average Bonchev–Trinajstić information content (AvgIpc) is 2.83. The zero-order valence-electron chi connectivity index (χ0n) is 11.4. The van der Waals surface area contributed by atoms with Crippen molar-refractivity contribution in [1.29, 1.82) is 0 Å². The Bertz CT molecular complexity index is 429. The molecule has 2 heterocycles. The van der Waals surface area contributed by atoms with Gasteiger partial charge in [0.2, 0.25) is 5.91 Å². The van der Waals surface area contributed by atoms with Crippen LogP contribution in [0.4, 0.5) is 0 Å². The lowest BCUT2D eigenvalue weighted by Crippen LogP contribution is -2.49. The van der Waals surface area contributed by atoms with E-state index in [0.29, 0.717) is 5.88 Å². The zero-order valence-corrected chi connectivity index (χ0v) is 13.0. The Morgan fingerprint density at radius 1 is 1.47 bits per heavy atom. The summed E-state index contributed by atoms with van der Waals surface area (Å²) >= 11 is 7.43. The molecule has 0 saturated carbocycles. The molecule has 1 aliphatic rings. The van der Waals surface area contributed by atoms with Gasteiger partial charge in [-0.05, 0) is 6.92 Å². The summed E-state index contributed by atoms with van der Waals surface area (Å²) in [5.41, 5.74) is 1.14. The van der Waals surface area contributed by atoms with Gasteiger partial charge in [-0.1, -0.05) is 6.92 Å². The summed E-state index contributed by atoms with van der Waals surface area (Å²) in [6.07, 6.45) is 0. The third-order valence-corrected chi connectivity index (χ3v) is 4.67. The fraction of sp³-hybridized carbons (Fsp3) is 0.692. The van der Waals surface area contributed by atoms with Crippen LogP contribution in [-0.4, -0.2) is 52.8 Å². The van der Waals surface area contributed by atoms with Crippen LogP contribution in [0.1, 0.15) is 17.6 Å². The van der Waals surface area contributed by atoms with Gasteiger partial charge in [0.25, 0.3) is 0 Å². The Balaban J connectivity index is 1.81. The second kappa shape index (κ2) is 6.68.